The van der Waals surface area contributed by atoms with Crippen LogP contribution < -0.4 is 4.90 Å². The highest BCUT2D eigenvalue weighted by molar-refractivity contribution is 5.77. The molecular formula is C28H44NO3+. The third kappa shape index (κ3) is 4.20. The van der Waals surface area contributed by atoms with Gasteiger partial charge < -0.3 is 14.1 Å². The average Bonchev–Trinajstić information content (AvgIpc) is 3.21. The number of carbonyl (C=O) groups excluding carboxylic acids is 1. The van der Waals surface area contributed by atoms with Crippen LogP contribution in [0.1, 0.15) is 89.9 Å². The van der Waals surface area contributed by atoms with Gasteiger partial charge in [-0.15, -0.1) is 0 Å². The zero-order chi connectivity index (χ0) is 22.9. The van der Waals surface area contributed by atoms with Crippen molar-refractivity contribution in [1.82, 2.24) is 0 Å². The number of ether oxygens (including phenoxy) is 1. The van der Waals surface area contributed by atoms with Gasteiger partial charge in [0.15, 0.2) is 5.76 Å². The maximum atomic E-state index is 12.8. The fourth-order valence-electron chi connectivity index (χ4n) is 7.73. The van der Waals surface area contributed by atoms with Crippen LogP contribution >= 0.6 is 0 Å². The minimum absolute atomic E-state index is 0.0181. The number of aryl methyl sites for hydroxylation is 1. The lowest BCUT2D eigenvalue weighted by Crippen LogP contribution is -3.14. The highest BCUT2D eigenvalue weighted by atomic mass is 16.5. The van der Waals surface area contributed by atoms with Crippen LogP contribution in [0.5, 0.6) is 0 Å². The van der Waals surface area contributed by atoms with Crippen molar-refractivity contribution in [3.63, 3.8) is 0 Å². The maximum absolute atomic E-state index is 12.8. The van der Waals surface area contributed by atoms with Gasteiger partial charge in [-0.25, -0.2) is 0 Å². The van der Waals surface area contributed by atoms with Crippen molar-refractivity contribution in [3.8, 4) is 0 Å². The van der Waals surface area contributed by atoms with Crippen LogP contribution in [0.15, 0.2) is 28.9 Å². The molecule has 0 spiro atoms. The first-order valence-corrected chi connectivity index (χ1v) is 13.0. The first-order chi connectivity index (χ1) is 15.3. The number of hydrogen-bond acceptors (Lipinski definition) is 3. The number of likely N-dealkylation sites (tertiary alicyclic amines) is 1. The van der Waals surface area contributed by atoms with Crippen LogP contribution in [0, 0.1) is 22.7 Å². The molecule has 6 atom stereocenters. The van der Waals surface area contributed by atoms with Crippen LogP contribution in [0.4, 0.5) is 0 Å². The monoisotopic (exact) mass is 442 g/mol. The second-order valence-corrected chi connectivity index (χ2v) is 11.5. The predicted octanol–water partition coefficient (Wildman–Crippen LogP) is 5.12. The molecule has 178 valence electrons. The standard InChI is InChI=1S/C28H43NO3/c1-20-10-13-25-27(3,15-8-16-28(25,4)26(30)31-5)23(20)12-11-22-14-18-32-24(22)19-29-17-7-6-9-21(29)2/h14,18,21,23,25H,1,6-13,15-17,19H2,2-5H3/p+1/t21-,23+,25-,27-,28+/m1/s1. The minimum Gasteiger partial charge on any atom is -0.469 e. The number of piperidine rings is 1. The normalized spacial score (nSPS) is 37.7. The molecule has 1 unspecified atom stereocenters. The fraction of sp³-hybridized carbons (Fsp3) is 0.750. The smallest absolute Gasteiger partial charge is 0.311 e. The third-order valence-corrected chi connectivity index (χ3v) is 9.68. The molecule has 32 heavy (non-hydrogen) atoms. The second kappa shape index (κ2) is 9.37. The molecule has 4 rings (SSSR count). The van der Waals surface area contributed by atoms with Crippen molar-refractivity contribution in [2.75, 3.05) is 13.7 Å². The van der Waals surface area contributed by atoms with Crippen molar-refractivity contribution in [3.05, 3.63) is 35.8 Å². The second-order valence-electron chi connectivity index (χ2n) is 11.5. The molecule has 3 aliphatic rings. The molecule has 4 heteroatoms. The summed E-state index contributed by atoms with van der Waals surface area (Å²) in [6.45, 7) is 13.8. The first-order valence-electron chi connectivity index (χ1n) is 13.0. The molecule has 2 heterocycles. The zero-order valence-electron chi connectivity index (χ0n) is 20.8. The number of methoxy groups -OCH3 is 1. The Balaban J connectivity index is 1.49. The van der Waals surface area contributed by atoms with Crippen molar-refractivity contribution >= 4 is 5.97 Å². The summed E-state index contributed by atoms with van der Waals surface area (Å²) in [7, 11) is 1.55. The Morgan fingerprint density at radius 3 is 2.81 bits per heavy atom. The van der Waals surface area contributed by atoms with Gasteiger partial charge in [-0.3, -0.25) is 4.79 Å². The van der Waals surface area contributed by atoms with Gasteiger partial charge in [0.2, 0.25) is 0 Å². The summed E-state index contributed by atoms with van der Waals surface area (Å²) >= 11 is 0. The number of rotatable bonds is 6. The van der Waals surface area contributed by atoms with Crippen LogP contribution in [-0.4, -0.2) is 25.7 Å². The minimum atomic E-state index is -0.366. The number of allylic oxidation sites excluding steroid dienone is 1. The number of fused-ring (bicyclic) bond motifs is 1. The molecule has 0 amide bonds. The number of nitrogens with one attached hydrogen (secondary N) is 1. The summed E-state index contributed by atoms with van der Waals surface area (Å²) in [6.07, 6.45) is 13.4. The summed E-state index contributed by atoms with van der Waals surface area (Å²) in [6, 6.07) is 2.91. The number of furan rings is 1. The van der Waals surface area contributed by atoms with E-state index in [1.54, 1.807) is 12.0 Å². The predicted molar refractivity (Wildman–Crippen MR) is 127 cm³/mol. The van der Waals surface area contributed by atoms with E-state index in [0.29, 0.717) is 11.8 Å². The van der Waals surface area contributed by atoms with Gasteiger partial charge in [0, 0.05) is 0 Å². The molecule has 0 bridgehead atoms. The van der Waals surface area contributed by atoms with Crippen LogP contribution in [-0.2, 0) is 22.5 Å². The van der Waals surface area contributed by atoms with Gasteiger partial charge >= 0.3 is 5.97 Å². The number of quaternary nitrogens is 1. The summed E-state index contributed by atoms with van der Waals surface area (Å²) in [5.41, 5.74) is 2.51. The van der Waals surface area contributed by atoms with E-state index >= 15 is 0 Å². The number of hydrogen-bond donors (Lipinski definition) is 1. The molecule has 4 nitrogen and oxygen atoms in total. The number of esters is 1. The molecule has 1 saturated heterocycles. The molecule has 0 aromatic carbocycles. The van der Waals surface area contributed by atoms with Gasteiger partial charge in [0.05, 0.1) is 31.4 Å². The Bertz CT molecular complexity index is 828. The zero-order valence-corrected chi connectivity index (χ0v) is 20.8. The van der Waals surface area contributed by atoms with Gasteiger partial charge in [0.1, 0.15) is 6.54 Å². The van der Waals surface area contributed by atoms with Crippen LogP contribution in [0.25, 0.3) is 0 Å². The Morgan fingerprint density at radius 1 is 1.25 bits per heavy atom. The summed E-state index contributed by atoms with van der Waals surface area (Å²) in [4.78, 5) is 14.5. The van der Waals surface area contributed by atoms with Crippen LogP contribution in [0.2, 0.25) is 0 Å². The molecule has 1 aromatic rings. The van der Waals surface area contributed by atoms with Crippen molar-refractivity contribution in [2.45, 2.75) is 97.6 Å². The number of carbonyl (C=O) groups is 1. The highest BCUT2D eigenvalue weighted by Crippen LogP contribution is 2.62. The van der Waals surface area contributed by atoms with Gasteiger partial charge in [0.25, 0.3) is 0 Å². The summed E-state index contributed by atoms with van der Waals surface area (Å²) in [5, 5.41) is 0. The van der Waals surface area contributed by atoms with E-state index in [1.165, 1.54) is 49.1 Å². The first kappa shape index (κ1) is 23.6. The SMILES string of the molecule is C=C1CC[C@@H]2[C@](C)(CCC[C@]2(C)C(=O)OC)[C@H]1CCc1ccoc1C[NH+]1CCCC[C@H]1C. The average molecular weight is 443 g/mol. The highest BCUT2D eigenvalue weighted by Gasteiger charge is 2.57. The van der Waals surface area contributed by atoms with Gasteiger partial charge in [-0.1, -0.05) is 25.5 Å². The van der Waals surface area contributed by atoms with Gasteiger partial charge in [-0.2, -0.15) is 0 Å². The molecule has 1 aromatic heterocycles. The summed E-state index contributed by atoms with van der Waals surface area (Å²) in [5.74, 6) is 1.99. The van der Waals surface area contributed by atoms with E-state index in [-0.39, 0.29) is 16.8 Å². The van der Waals surface area contributed by atoms with E-state index in [2.05, 4.69) is 33.4 Å². The third-order valence-electron chi connectivity index (χ3n) is 9.68. The van der Waals surface area contributed by atoms with Gasteiger partial charge in [-0.05, 0) is 101 Å². The Kier molecular flexibility index (Phi) is 6.91. The van der Waals surface area contributed by atoms with Crippen molar-refractivity contribution in [2.24, 2.45) is 22.7 Å². The van der Waals surface area contributed by atoms with E-state index in [0.717, 1.165) is 51.1 Å². The van der Waals surface area contributed by atoms with E-state index in [1.807, 2.05) is 6.26 Å². The van der Waals surface area contributed by atoms with Crippen molar-refractivity contribution < 1.29 is 18.8 Å². The molecule has 3 fully saturated rings. The lowest BCUT2D eigenvalue weighted by Gasteiger charge is -2.57. The lowest BCUT2D eigenvalue weighted by atomic mass is 9.46. The molecule has 1 aliphatic heterocycles. The molecule has 0 radical (unpaired) electrons. The fourth-order valence-corrected chi connectivity index (χ4v) is 7.73. The molecule has 1 N–H and O–H groups in total. The lowest BCUT2D eigenvalue weighted by molar-refractivity contribution is -0.942. The molecule has 2 aliphatic carbocycles. The maximum Gasteiger partial charge on any atom is 0.311 e. The van der Waals surface area contributed by atoms with Crippen LogP contribution in [0.3, 0.4) is 0 Å². The van der Waals surface area contributed by atoms with E-state index in [9.17, 15) is 4.79 Å². The van der Waals surface area contributed by atoms with Crippen molar-refractivity contribution in [1.29, 1.82) is 0 Å². The quantitative estimate of drug-likeness (QED) is 0.491. The largest absolute Gasteiger partial charge is 0.469 e. The Hall–Kier alpha value is -1.55. The summed E-state index contributed by atoms with van der Waals surface area (Å²) < 4.78 is 11.3. The van der Waals surface area contributed by atoms with E-state index < -0.39 is 0 Å². The molecule has 2 saturated carbocycles. The Labute approximate surface area is 194 Å². The Morgan fingerprint density at radius 2 is 2.06 bits per heavy atom. The van der Waals surface area contributed by atoms with E-state index in [4.69, 9.17) is 9.15 Å². The topological polar surface area (TPSA) is 43.9 Å². The molecular weight excluding hydrogens is 398 g/mol.